The molecule has 8 heteroatoms. The lowest BCUT2D eigenvalue weighted by Gasteiger charge is -2.08. The highest BCUT2D eigenvalue weighted by Crippen LogP contribution is 2.27. The van der Waals surface area contributed by atoms with Gasteiger partial charge in [0.25, 0.3) is 10.0 Å². The van der Waals surface area contributed by atoms with Crippen LogP contribution in [0.1, 0.15) is 19.9 Å². The molecule has 1 heterocycles. The summed E-state index contributed by atoms with van der Waals surface area (Å²) in [6, 6.07) is 5.15. The Morgan fingerprint density at radius 2 is 2.00 bits per heavy atom. The number of anilines is 1. The zero-order valence-electron chi connectivity index (χ0n) is 10.8. The molecule has 2 aromatic rings. The normalized spacial score (nSPS) is 11.8. The lowest BCUT2D eigenvalue weighted by molar-refractivity contribution is 0.532. The van der Waals surface area contributed by atoms with E-state index in [1.165, 1.54) is 6.20 Å². The topological polar surface area (TPSA) is 64.0 Å². The van der Waals surface area contributed by atoms with Crippen LogP contribution in [0.2, 0.25) is 0 Å². The molecule has 2 rings (SSSR count). The van der Waals surface area contributed by atoms with E-state index in [2.05, 4.69) is 41.7 Å². The Balaban J connectivity index is 2.33. The summed E-state index contributed by atoms with van der Waals surface area (Å²) in [5.41, 5.74) is 0.436. The fraction of sp³-hybridized carbons (Fsp3) is 0.250. The monoisotopic (exact) mass is 421 g/mol. The molecule has 1 aromatic carbocycles. The van der Waals surface area contributed by atoms with Crippen molar-refractivity contribution >= 4 is 47.6 Å². The molecule has 108 valence electrons. The second kappa shape index (κ2) is 5.87. The molecule has 0 unspecified atom stereocenters. The van der Waals surface area contributed by atoms with Crippen LogP contribution in [0.3, 0.4) is 0 Å². The smallest absolute Gasteiger partial charge is 0.263 e. The van der Waals surface area contributed by atoms with Crippen LogP contribution in [0.5, 0.6) is 0 Å². The molecule has 0 amide bonds. The van der Waals surface area contributed by atoms with Gasteiger partial charge in [0.15, 0.2) is 0 Å². The van der Waals surface area contributed by atoms with Crippen LogP contribution in [0.4, 0.5) is 5.69 Å². The van der Waals surface area contributed by atoms with Gasteiger partial charge in [-0.1, -0.05) is 15.9 Å². The first-order valence-corrected chi connectivity index (χ1v) is 8.88. The van der Waals surface area contributed by atoms with Crippen molar-refractivity contribution in [3.05, 3.63) is 39.5 Å². The van der Waals surface area contributed by atoms with Gasteiger partial charge in [0.05, 0.1) is 11.9 Å². The highest BCUT2D eigenvalue weighted by Gasteiger charge is 2.19. The van der Waals surface area contributed by atoms with Gasteiger partial charge in [0.2, 0.25) is 0 Å². The van der Waals surface area contributed by atoms with E-state index in [0.29, 0.717) is 14.6 Å². The fourth-order valence-corrected chi connectivity index (χ4v) is 4.10. The van der Waals surface area contributed by atoms with Crippen LogP contribution in [-0.2, 0) is 10.0 Å². The van der Waals surface area contributed by atoms with E-state index >= 15 is 0 Å². The third-order valence-electron chi connectivity index (χ3n) is 2.57. The van der Waals surface area contributed by atoms with E-state index in [1.54, 1.807) is 29.1 Å². The van der Waals surface area contributed by atoms with Gasteiger partial charge in [-0.25, -0.2) is 8.42 Å². The first-order valence-electron chi connectivity index (χ1n) is 5.81. The summed E-state index contributed by atoms with van der Waals surface area (Å²) in [5.74, 6) is 0. The Morgan fingerprint density at radius 3 is 2.60 bits per heavy atom. The second-order valence-electron chi connectivity index (χ2n) is 4.48. The molecule has 0 aliphatic rings. The van der Waals surface area contributed by atoms with Crippen molar-refractivity contribution in [2.24, 2.45) is 0 Å². The molecule has 1 aromatic heterocycles. The molecule has 1 N–H and O–H groups in total. The minimum Gasteiger partial charge on any atom is -0.276 e. The number of sulfonamides is 1. The summed E-state index contributed by atoms with van der Waals surface area (Å²) in [4.78, 5) is 0.171. The Hall–Kier alpha value is -0.860. The molecule has 0 fully saturated rings. The van der Waals surface area contributed by atoms with Crippen molar-refractivity contribution in [3.8, 4) is 0 Å². The SMILES string of the molecule is CC(C)n1cc(NS(=O)(=O)c2cc(Br)ccc2Br)cn1. The first kappa shape index (κ1) is 15.5. The lowest BCUT2D eigenvalue weighted by Crippen LogP contribution is -2.13. The molecule has 0 saturated heterocycles. The molecule has 0 aliphatic carbocycles. The molecular weight excluding hydrogens is 410 g/mol. The van der Waals surface area contributed by atoms with Crippen LogP contribution >= 0.6 is 31.9 Å². The summed E-state index contributed by atoms with van der Waals surface area (Å²) in [6.45, 7) is 3.94. The number of nitrogens with one attached hydrogen (secondary N) is 1. The lowest BCUT2D eigenvalue weighted by atomic mass is 10.4. The van der Waals surface area contributed by atoms with Crippen LogP contribution in [0.15, 0.2) is 44.4 Å². The van der Waals surface area contributed by atoms with Crippen LogP contribution in [-0.4, -0.2) is 18.2 Å². The van der Waals surface area contributed by atoms with Crippen molar-refractivity contribution < 1.29 is 8.42 Å². The minimum absolute atomic E-state index is 0.171. The van der Waals surface area contributed by atoms with Gasteiger partial charge in [0, 0.05) is 21.2 Å². The Morgan fingerprint density at radius 1 is 1.30 bits per heavy atom. The van der Waals surface area contributed by atoms with E-state index in [0.717, 1.165) is 0 Å². The number of rotatable bonds is 4. The van der Waals surface area contributed by atoms with Gasteiger partial charge in [-0.3, -0.25) is 9.40 Å². The maximum atomic E-state index is 12.4. The van der Waals surface area contributed by atoms with E-state index in [-0.39, 0.29) is 10.9 Å². The number of benzene rings is 1. The van der Waals surface area contributed by atoms with Gasteiger partial charge in [-0.2, -0.15) is 5.10 Å². The third kappa shape index (κ3) is 3.42. The molecule has 20 heavy (non-hydrogen) atoms. The summed E-state index contributed by atoms with van der Waals surface area (Å²) in [7, 11) is -3.66. The third-order valence-corrected chi connectivity index (χ3v) is 5.43. The summed E-state index contributed by atoms with van der Waals surface area (Å²) < 4.78 is 30.1. The average Bonchev–Trinajstić information content (AvgIpc) is 2.80. The average molecular weight is 423 g/mol. The summed E-state index contributed by atoms with van der Waals surface area (Å²) >= 11 is 6.52. The summed E-state index contributed by atoms with van der Waals surface area (Å²) in [5, 5.41) is 4.10. The molecule has 0 bridgehead atoms. The van der Waals surface area contributed by atoms with Crippen molar-refractivity contribution in [2.75, 3.05) is 4.72 Å². The maximum Gasteiger partial charge on any atom is 0.263 e. The molecule has 0 atom stereocenters. The maximum absolute atomic E-state index is 12.4. The number of aromatic nitrogens is 2. The first-order chi connectivity index (χ1) is 9.29. The highest BCUT2D eigenvalue weighted by atomic mass is 79.9. The second-order valence-corrected chi connectivity index (χ2v) is 7.90. The Bertz CT molecular complexity index is 726. The number of nitrogens with zero attached hydrogens (tertiary/aromatic N) is 2. The zero-order chi connectivity index (χ0) is 14.9. The van der Waals surface area contributed by atoms with Gasteiger partial charge < -0.3 is 0 Å². The van der Waals surface area contributed by atoms with Crippen molar-refractivity contribution in [2.45, 2.75) is 24.8 Å². The predicted octanol–water partition coefficient (Wildman–Crippen LogP) is 3.79. The quantitative estimate of drug-likeness (QED) is 0.814. The summed E-state index contributed by atoms with van der Waals surface area (Å²) in [6.07, 6.45) is 3.15. The van der Waals surface area contributed by atoms with E-state index in [1.807, 2.05) is 13.8 Å². The molecule has 0 radical (unpaired) electrons. The zero-order valence-corrected chi connectivity index (χ0v) is 14.8. The van der Waals surface area contributed by atoms with Crippen LogP contribution in [0.25, 0.3) is 0 Å². The standard InChI is InChI=1S/C12H13Br2N3O2S/c1-8(2)17-7-10(6-15-17)16-20(18,19)12-5-9(13)3-4-11(12)14/h3-8,16H,1-2H3. The molecule has 0 saturated carbocycles. The Labute approximate surface area is 134 Å². The van der Waals surface area contributed by atoms with Gasteiger partial charge >= 0.3 is 0 Å². The van der Waals surface area contributed by atoms with Crippen LogP contribution in [0, 0.1) is 0 Å². The largest absolute Gasteiger partial charge is 0.276 e. The van der Waals surface area contributed by atoms with Crippen molar-refractivity contribution in [3.63, 3.8) is 0 Å². The number of halogens is 2. The number of hydrogen-bond donors (Lipinski definition) is 1. The Kier molecular flexibility index (Phi) is 4.55. The highest BCUT2D eigenvalue weighted by molar-refractivity contribution is 9.11. The molecule has 5 nitrogen and oxygen atoms in total. The van der Waals surface area contributed by atoms with Gasteiger partial charge in [-0.15, -0.1) is 0 Å². The van der Waals surface area contributed by atoms with Gasteiger partial charge in [0.1, 0.15) is 4.90 Å². The number of hydrogen-bond acceptors (Lipinski definition) is 3. The molecule has 0 spiro atoms. The van der Waals surface area contributed by atoms with E-state index in [9.17, 15) is 8.42 Å². The molecule has 0 aliphatic heterocycles. The predicted molar refractivity (Wildman–Crippen MR) is 85.3 cm³/mol. The van der Waals surface area contributed by atoms with Crippen LogP contribution < -0.4 is 4.72 Å². The molecular formula is C12H13Br2N3O2S. The fourth-order valence-electron chi connectivity index (χ4n) is 1.57. The van der Waals surface area contributed by atoms with Crippen molar-refractivity contribution in [1.29, 1.82) is 0 Å². The van der Waals surface area contributed by atoms with E-state index < -0.39 is 10.0 Å². The minimum atomic E-state index is -3.66. The van der Waals surface area contributed by atoms with Gasteiger partial charge in [-0.05, 0) is 48.0 Å². The van der Waals surface area contributed by atoms with E-state index in [4.69, 9.17) is 0 Å². The van der Waals surface area contributed by atoms with Crippen molar-refractivity contribution in [1.82, 2.24) is 9.78 Å².